The summed E-state index contributed by atoms with van der Waals surface area (Å²) in [4.78, 5) is 24.1. The van der Waals surface area contributed by atoms with Crippen molar-refractivity contribution in [3.8, 4) is 45.0 Å². The van der Waals surface area contributed by atoms with E-state index in [-0.39, 0.29) is 25.8 Å². The van der Waals surface area contributed by atoms with Crippen molar-refractivity contribution in [2.75, 3.05) is 0 Å². The minimum atomic E-state index is -0.990. The Morgan fingerprint density at radius 3 is 1.84 bits per heavy atom. The second-order valence-corrected chi connectivity index (χ2v) is 14.1. The molecule has 8 aromatic rings. The van der Waals surface area contributed by atoms with Crippen LogP contribution in [-0.2, 0) is 25.5 Å². The first kappa shape index (κ1) is 39.7. The van der Waals surface area contributed by atoms with Crippen LogP contribution >= 0.6 is 0 Å². The number of hydrogen-bond acceptors (Lipinski definition) is 5. The topological polar surface area (TPSA) is 85.2 Å². The molecule has 58 heavy (non-hydrogen) atoms. The summed E-state index contributed by atoms with van der Waals surface area (Å²) < 4.78 is 6.98. The van der Waals surface area contributed by atoms with Gasteiger partial charge in [0.25, 0.3) is 0 Å². The molecule has 0 fully saturated rings. The summed E-state index contributed by atoms with van der Waals surface area (Å²) in [6.07, 6.45) is 3.31. The summed E-state index contributed by atoms with van der Waals surface area (Å²) in [7, 11) is 0. The zero-order valence-electron chi connectivity index (χ0n) is 32.4. The third kappa shape index (κ3) is 7.38. The second-order valence-electron chi connectivity index (χ2n) is 14.1. The van der Waals surface area contributed by atoms with Crippen molar-refractivity contribution in [2.24, 2.45) is 0 Å². The maximum absolute atomic E-state index is 10.1. The maximum Gasteiger partial charge on any atom is 0.354 e. The van der Waals surface area contributed by atoms with Gasteiger partial charge in [-0.1, -0.05) is 95.1 Å². The number of aromatic nitrogens is 3. The molecule has 1 atom stereocenters. The number of rotatable bonds is 6. The van der Waals surface area contributed by atoms with Gasteiger partial charge in [-0.2, -0.15) is 12.1 Å². The van der Waals surface area contributed by atoms with Gasteiger partial charge >= 0.3 is 5.97 Å². The van der Waals surface area contributed by atoms with Gasteiger partial charge in [-0.3, -0.25) is 9.97 Å². The van der Waals surface area contributed by atoms with Crippen molar-refractivity contribution in [1.82, 2.24) is 15.0 Å². The van der Waals surface area contributed by atoms with E-state index in [9.17, 15) is 4.79 Å². The summed E-state index contributed by atoms with van der Waals surface area (Å²) in [5.74, 6) is 0.528. The number of benzene rings is 5. The molecule has 0 saturated heterocycles. The van der Waals surface area contributed by atoms with Crippen molar-refractivity contribution >= 4 is 5.97 Å². The third-order valence-electron chi connectivity index (χ3n) is 10.5. The molecule has 7 heteroatoms. The van der Waals surface area contributed by atoms with Crippen LogP contribution in [0.3, 0.4) is 0 Å². The number of hydrogen-bond donors (Lipinski definition) is 1. The molecule has 0 saturated carbocycles. The fourth-order valence-corrected chi connectivity index (χ4v) is 7.94. The van der Waals surface area contributed by atoms with Gasteiger partial charge in [-0.15, -0.1) is 47.5 Å². The van der Waals surface area contributed by atoms with Crippen molar-refractivity contribution < 1.29 is 34.7 Å². The molecule has 4 heterocycles. The summed E-state index contributed by atoms with van der Waals surface area (Å²) in [6.45, 7) is 8.64. The van der Waals surface area contributed by atoms with E-state index in [4.69, 9.17) is 19.8 Å². The van der Waals surface area contributed by atoms with Gasteiger partial charge in [0.1, 0.15) is 11.4 Å². The van der Waals surface area contributed by atoms with E-state index < -0.39 is 11.4 Å². The summed E-state index contributed by atoms with van der Waals surface area (Å²) in [5.41, 5.74) is 14.0. The van der Waals surface area contributed by atoms with Crippen LogP contribution in [-0.4, -0.2) is 26.0 Å². The molecule has 0 aliphatic carbocycles. The van der Waals surface area contributed by atoms with Crippen molar-refractivity contribution in [3.63, 3.8) is 0 Å². The van der Waals surface area contributed by atoms with Crippen LogP contribution in [0.5, 0.6) is 11.5 Å². The summed E-state index contributed by atoms with van der Waals surface area (Å²) in [5, 5.41) is 8.32. The molecule has 287 valence electrons. The third-order valence-corrected chi connectivity index (χ3v) is 10.5. The van der Waals surface area contributed by atoms with E-state index in [0.717, 1.165) is 56.4 Å². The average molecular weight is 934 g/mol. The van der Waals surface area contributed by atoms with Crippen molar-refractivity contribution in [3.05, 3.63) is 221 Å². The van der Waals surface area contributed by atoms with E-state index in [2.05, 4.69) is 130 Å². The number of carbonyl (C=O) groups is 1. The Bertz CT molecular complexity index is 2600. The SMILES string of the molecule is Cc1cccc(C)c1-c1c[c-]c2c(c1)Oc1cc(-c3c(C)cccc3C)ccc1[C@]2(c1ccccn1)c1cccc(-c2[c-]cccc2)n1.O=C(O)c1ccccn1.[Ir]. The van der Waals surface area contributed by atoms with E-state index >= 15 is 0 Å². The van der Waals surface area contributed by atoms with Gasteiger partial charge in [0, 0.05) is 49.5 Å². The van der Waals surface area contributed by atoms with E-state index in [1.165, 1.54) is 45.6 Å². The maximum atomic E-state index is 10.1. The number of aryl methyl sites for hydroxylation is 4. The Hall–Kier alpha value is -6.53. The second kappa shape index (κ2) is 16.9. The van der Waals surface area contributed by atoms with E-state index in [1.54, 1.807) is 12.1 Å². The quantitative estimate of drug-likeness (QED) is 0.167. The van der Waals surface area contributed by atoms with Crippen LogP contribution in [0.25, 0.3) is 33.5 Å². The minimum Gasteiger partial charge on any atom is -0.516 e. The van der Waals surface area contributed by atoms with Crippen LogP contribution in [0.1, 0.15) is 55.3 Å². The van der Waals surface area contributed by atoms with Crippen LogP contribution < -0.4 is 4.74 Å². The summed E-state index contributed by atoms with van der Waals surface area (Å²) in [6, 6.07) is 55.9. The minimum absolute atomic E-state index is 0. The van der Waals surface area contributed by atoms with Crippen molar-refractivity contribution in [2.45, 2.75) is 33.1 Å². The number of pyridine rings is 3. The van der Waals surface area contributed by atoms with Crippen LogP contribution in [0.15, 0.2) is 158 Å². The number of carboxylic acid groups (broad SMARTS) is 1. The molecule has 9 rings (SSSR count). The predicted molar refractivity (Wildman–Crippen MR) is 225 cm³/mol. The van der Waals surface area contributed by atoms with Gasteiger partial charge in [0.15, 0.2) is 0 Å². The first-order chi connectivity index (χ1) is 27.8. The standard InChI is InChI=1S/C45H34N2O.C6H5NO2.Ir/c1-29-13-10-14-30(2)43(29)34-22-24-36-39(27-34)48-40-28-35(44-31(3)15-11-16-32(44)4)23-25-37(40)45(36,41-20-8-9-26-46-41)42-21-12-19-38(47-42)33-17-6-5-7-18-33;8-6(9)5-3-1-2-4-7-5;/h5-17,19-24,26-28H,1-4H3;1-4H,(H,8,9);/q-2;;/t45-;;/m0../s1. The van der Waals surface area contributed by atoms with Crippen molar-refractivity contribution in [1.29, 1.82) is 0 Å². The molecule has 1 N–H and O–H groups in total. The molecule has 1 aliphatic heterocycles. The molecule has 0 spiro atoms. The molecular weight excluding hydrogens is 895 g/mol. The first-order valence-corrected chi connectivity index (χ1v) is 18.8. The normalized spacial score (nSPS) is 13.7. The Morgan fingerprint density at radius 2 is 1.24 bits per heavy atom. The van der Waals surface area contributed by atoms with Crippen LogP contribution in [0.4, 0.5) is 0 Å². The zero-order chi connectivity index (χ0) is 39.5. The molecule has 1 aliphatic rings. The Labute approximate surface area is 352 Å². The fourth-order valence-electron chi connectivity index (χ4n) is 7.94. The Morgan fingerprint density at radius 1 is 0.621 bits per heavy atom. The Kier molecular flexibility index (Phi) is 11.6. The molecule has 0 amide bonds. The predicted octanol–water partition coefficient (Wildman–Crippen LogP) is 11.6. The molecule has 0 unspecified atom stereocenters. The summed E-state index contributed by atoms with van der Waals surface area (Å²) >= 11 is 0. The first-order valence-electron chi connectivity index (χ1n) is 18.8. The van der Waals surface area contributed by atoms with Gasteiger partial charge < -0.3 is 9.84 Å². The Balaban J connectivity index is 0.000000455. The van der Waals surface area contributed by atoms with Gasteiger partial charge in [0.05, 0.1) is 11.1 Å². The number of ether oxygens (including phenoxy) is 1. The van der Waals surface area contributed by atoms with Gasteiger partial charge in [-0.25, -0.2) is 9.78 Å². The molecule has 6 nitrogen and oxygen atoms in total. The van der Waals surface area contributed by atoms with Crippen LogP contribution in [0, 0.1) is 39.8 Å². The van der Waals surface area contributed by atoms with E-state index in [0.29, 0.717) is 0 Å². The molecular formula is C51H39IrN3O3-2. The smallest absolute Gasteiger partial charge is 0.354 e. The van der Waals surface area contributed by atoms with E-state index in [1.807, 2.05) is 48.7 Å². The molecule has 5 aromatic carbocycles. The monoisotopic (exact) mass is 934 g/mol. The number of aromatic carboxylic acids is 1. The number of carboxylic acids is 1. The van der Waals surface area contributed by atoms with Crippen LogP contribution in [0.2, 0.25) is 0 Å². The fraction of sp³-hybridized carbons (Fsp3) is 0.0980. The largest absolute Gasteiger partial charge is 0.516 e. The molecule has 3 aromatic heterocycles. The molecule has 1 radical (unpaired) electrons. The number of nitrogens with zero attached hydrogens (tertiary/aromatic N) is 3. The molecule has 0 bridgehead atoms. The average Bonchev–Trinajstić information content (AvgIpc) is 3.24. The number of fused-ring (bicyclic) bond motifs is 2. The van der Waals surface area contributed by atoms with Gasteiger partial charge in [0.2, 0.25) is 0 Å². The van der Waals surface area contributed by atoms with Gasteiger partial charge in [-0.05, 0) is 92.0 Å². The zero-order valence-corrected chi connectivity index (χ0v) is 34.8.